The summed E-state index contributed by atoms with van der Waals surface area (Å²) in [5, 5.41) is 9.85. The van der Waals surface area contributed by atoms with E-state index in [9.17, 15) is 13.2 Å². The molecular weight excluding hydrogens is 380 g/mol. The SMILES string of the molecule is CCc1c(C(=O)NNC(=S)Nc2ccc(S(N)(=O)=O)cc2)csc1C. The molecule has 0 spiro atoms. The molecule has 1 aromatic carbocycles. The number of nitrogens with two attached hydrogens (primary N) is 1. The number of thiocarbonyl (C=S) groups is 1. The summed E-state index contributed by atoms with van der Waals surface area (Å²) in [6.07, 6.45) is 0.775. The lowest BCUT2D eigenvalue weighted by molar-refractivity contribution is 0.0943. The van der Waals surface area contributed by atoms with Gasteiger partial charge in [0.1, 0.15) is 0 Å². The number of nitrogens with one attached hydrogen (secondary N) is 3. The number of carbonyl (C=O) groups is 1. The van der Waals surface area contributed by atoms with E-state index >= 15 is 0 Å². The Hall–Kier alpha value is -2.01. The first-order valence-corrected chi connectivity index (χ1v) is 10.1. The van der Waals surface area contributed by atoms with Gasteiger partial charge in [-0.2, -0.15) is 0 Å². The van der Waals surface area contributed by atoms with Crippen LogP contribution in [0.1, 0.15) is 27.7 Å². The molecule has 0 saturated heterocycles. The summed E-state index contributed by atoms with van der Waals surface area (Å²) >= 11 is 6.63. The molecule has 1 aromatic heterocycles. The predicted octanol–water partition coefficient (Wildman–Crippen LogP) is 1.90. The number of benzene rings is 1. The molecule has 0 saturated carbocycles. The Labute approximate surface area is 155 Å². The van der Waals surface area contributed by atoms with Crippen LogP contribution in [0.5, 0.6) is 0 Å². The molecule has 1 heterocycles. The zero-order valence-electron chi connectivity index (χ0n) is 13.6. The van der Waals surface area contributed by atoms with Crippen LogP contribution in [0, 0.1) is 6.92 Å². The maximum Gasteiger partial charge on any atom is 0.270 e. The maximum atomic E-state index is 12.2. The molecule has 1 amide bonds. The van der Waals surface area contributed by atoms with E-state index in [-0.39, 0.29) is 15.9 Å². The summed E-state index contributed by atoms with van der Waals surface area (Å²) in [6.45, 7) is 3.97. The van der Waals surface area contributed by atoms with Crippen LogP contribution in [-0.2, 0) is 16.4 Å². The van der Waals surface area contributed by atoms with Crippen molar-refractivity contribution in [3.05, 3.63) is 45.6 Å². The van der Waals surface area contributed by atoms with Gasteiger partial charge in [-0.05, 0) is 55.4 Å². The number of anilines is 1. The number of carbonyl (C=O) groups excluding carboxylic acids is 1. The van der Waals surface area contributed by atoms with Crippen molar-refractivity contribution in [3.63, 3.8) is 0 Å². The molecule has 2 rings (SSSR count). The molecule has 10 heteroatoms. The molecule has 0 fully saturated rings. The Morgan fingerprint density at radius 1 is 1.24 bits per heavy atom. The minimum absolute atomic E-state index is 0.00477. The third kappa shape index (κ3) is 4.98. The first-order chi connectivity index (χ1) is 11.7. The summed E-state index contributed by atoms with van der Waals surface area (Å²) < 4.78 is 22.4. The highest BCUT2D eigenvalue weighted by Gasteiger charge is 2.14. The largest absolute Gasteiger partial charge is 0.331 e. The molecule has 0 unspecified atom stereocenters. The molecule has 7 nitrogen and oxygen atoms in total. The highest BCUT2D eigenvalue weighted by Crippen LogP contribution is 2.22. The van der Waals surface area contributed by atoms with Gasteiger partial charge in [-0.1, -0.05) is 6.92 Å². The second kappa shape index (κ2) is 7.91. The van der Waals surface area contributed by atoms with Crippen molar-refractivity contribution in [2.75, 3.05) is 5.32 Å². The van der Waals surface area contributed by atoms with Crippen LogP contribution in [0.4, 0.5) is 5.69 Å². The lowest BCUT2D eigenvalue weighted by Gasteiger charge is -2.12. The molecular formula is C15H18N4O3S3. The zero-order chi connectivity index (χ0) is 18.6. The zero-order valence-corrected chi connectivity index (χ0v) is 16.1. The fourth-order valence-corrected chi connectivity index (χ4v) is 3.81. The number of hydrogen-bond acceptors (Lipinski definition) is 5. The molecule has 0 aliphatic heterocycles. The molecule has 0 atom stereocenters. The Bertz CT molecular complexity index is 889. The molecule has 0 bridgehead atoms. The van der Waals surface area contributed by atoms with Gasteiger partial charge in [-0.15, -0.1) is 11.3 Å². The number of amides is 1. The Balaban J connectivity index is 1.93. The first-order valence-electron chi connectivity index (χ1n) is 7.29. The third-order valence-electron chi connectivity index (χ3n) is 3.43. The van der Waals surface area contributed by atoms with E-state index in [1.807, 2.05) is 19.2 Å². The fraction of sp³-hybridized carbons (Fsp3) is 0.200. The number of rotatable bonds is 4. The van der Waals surface area contributed by atoms with E-state index < -0.39 is 10.0 Å². The molecule has 25 heavy (non-hydrogen) atoms. The van der Waals surface area contributed by atoms with E-state index in [2.05, 4.69) is 16.2 Å². The van der Waals surface area contributed by atoms with Crippen molar-refractivity contribution in [1.82, 2.24) is 10.9 Å². The van der Waals surface area contributed by atoms with Gasteiger partial charge in [0.15, 0.2) is 5.11 Å². The van der Waals surface area contributed by atoms with E-state index in [0.29, 0.717) is 11.3 Å². The summed E-state index contributed by atoms with van der Waals surface area (Å²) in [5.41, 5.74) is 7.35. The maximum absolute atomic E-state index is 12.2. The van der Waals surface area contributed by atoms with E-state index in [0.717, 1.165) is 16.9 Å². The molecule has 5 N–H and O–H groups in total. The van der Waals surface area contributed by atoms with Gasteiger partial charge in [-0.3, -0.25) is 15.6 Å². The third-order valence-corrected chi connectivity index (χ3v) is 5.52. The van der Waals surface area contributed by atoms with Crippen LogP contribution in [0.15, 0.2) is 34.5 Å². The van der Waals surface area contributed by atoms with Gasteiger partial charge in [0, 0.05) is 15.9 Å². The van der Waals surface area contributed by atoms with Gasteiger partial charge < -0.3 is 5.32 Å². The van der Waals surface area contributed by atoms with Gasteiger partial charge in [-0.25, -0.2) is 13.6 Å². The molecule has 0 aliphatic rings. The van der Waals surface area contributed by atoms with E-state index in [1.165, 1.54) is 35.6 Å². The normalized spacial score (nSPS) is 11.0. The second-order valence-corrected chi connectivity index (χ2v) is 8.19. The van der Waals surface area contributed by atoms with Gasteiger partial charge in [0.25, 0.3) is 5.91 Å². The highest BCUT2D eigenvalue weighted by atomic mass is 32.2. The van der Waals surface area contributed by atoms with Crippen LogP contribution in [-0.4, -0.2) is 19.4 Å². The van der Waals surface area contributed by atoms with Crippen molar-refractivity contribution in [2.24, 2.45) is 5.14 Å². The average Bonchev–Trinajstić information content (AvgIpc) is 2.93. The topological polar surface area (TPSA) is 113 Å². The number of thiophene rings is 1. The number of sulfonamides is 1. The van der Waals surface area contributed by atoms with Crippen LogP contribution >= 0.6 is 23.6 Å². The highest BCUT2D eigenvalue weighted by molar-refractivity contribution is 7.89. The van der Waals surface area contributed by atoms with Crippen LogP contribution in [0.25, 0.3) is 0 Å². The van der Waals surface area contributed by atoms with Crippen LogP contribution in [0.2, 0.25) is 0 Å². The summed E-state index contributed by atoms with van der Waals surface area (Å²) in [6, 6.07) is 5.76. The lowest BCUT2D eigenvalue weighted by Crippen LogP contribution is -2.43. The number of aryl methyl sites for hydroxylation is 1. The minimum atomic E-state index is -3.74. The Morgan fingerprint density at radius 3 is 2.44 bits per heavy atom. The molecule has 0 radical (unpaired) electrons. The standard InChI is InChI=1S/C15H18N4O3S3/c1-3-12-9(2)24-8-13(12)14(20)18-19-15(23)17-10-4-6-11(7-5-10)25(16,21)22/h4-8H,3H2,1-2H3,(H,18,20)(H2,16,21,22)(H2,17,19,23). The monoisotopic (exact) mass is 398 g/mol. The summed E-state index contributed by atoms with van der Waals surface area (Å²) in [7, 11) is -3.74. The van der Waals surface area contributed by atoms with Crippen molar-refractivity contribution in [2.45, 2.75) is 25.2 Å². The molecule has 2 aromatic rings. The predicted molar refractivity (Wildman–Crippen MR) is 103 cm³/mol. The number of hydrazine groups is 1. The molecule has 134 valence electrons. The minimum Gasteiger partial charge on any atom is -0.331 e. The fourth-order valence-electron chi connectivity index (χ4n) is 2.18. The van der Waals surface area contributed by atoms with Gasteiger partial charge >= 0.3 is 0 Å². The smallest absolute Gasteiger partial charge is 0.270 e. The van der Waals surface area contributed by atoms with Gasteiger partial charge in [0.2, 0.25) is 10.0 Å². The molecule has 0 aliphatic carbocycles. The van der Waals surface area contributed by atoms with Crippen molar-refractivity contribution >= 4 is 50.3 Å². The van der Waals surface area contributed by atoms with E-state index in [4.69, 9.17) is 17.4 Å². The lowest BCUT2D eigenvalue weighted by atomic mass is 10.1. The van der Waals surface area contributed by atoms with Gasteiger partial charge in [0.05, 0.1) is 10.5 Å². The van der Waals surface area contributed by atoms with Crippen LogP contribution in [0.3, 0.4) is 0 Å². The van der Waals surface area contributed by atoms with E-state index in [1.54, 1.807) is 0 Å². The Kier molecular flexibility index (Phi) is 6.11. The number of hydrogen-bond donors (Lipinski definition) is 4. The second-order valence-electron chi connectivity index (χ2n) is 5.14. The quantitative estimate of drug-likeness (QED) is 0.462. The Morgan fingerprint density at radius 2 is 1.88 bits per heavy atom. The average molecular weight is 399 g/mol. The van der Waals surface area contributed by atoms with Crippen LogP contribution < -0.4 is 21.3 Å². The number of primary sulfonamides is 1. The van der Waals surface area contributed by atoms with Crippen molar-refractivity contribution < 1.29 is 13.2 Å². The van der Waals surface area contributed by atoms with Crippen molar-refractivity contribution in [1.29, 1.82) is 0 Å². The summed E-state index contributed by atoms with van der Waals surface area (Å²) in [4.78, 5) is 13.3. The summed E-state index contributed by atoms with van der Waals surface area (Å²) in [5.74, 6) is -0.269. The first kappa shape index (κ1) is 19.3. The van der Waals surface area contributed by atoms with Crippen molar-refractivity contribution in [3.8, 4) is 0 Å².